The summed E-state index contributed by atoms with van der Waals surface area (Å²) >= 11 is 1.24. The molecule has 1 N–H and O–H groups in total. The molecule has 1 saturated carbocycles. The molecule has 6 rings (SSSR count). The maximum absolute atomic E-state index is 12.5. The zero-order valence-corrected chi connectivity index (χ0v) is 22.3. The molecule has 1 aliphatic heterocycles. The third kappa shape index (κ3) is 5.87. The van der Waals surface area contributed by atoms with E-state index in [1.54, 1.807) is 0 Å². The van der Waals surface area contributed by atoms with Crippen molar-refractivity contribution in [2.75, 3.05) is 42.1 Å². The van der Waals surface area contributed by atoms with Gasteiger partial charge in [-0.1, -0.05) is 61.4 Å². The molecular formula is C30H33N5O2S. The normalized spacial score (nSPS) is 17.1. The second-order valence-electron chi connectivity index (χ2n) is 10.1. The Balaban J connectivity index is 0.979. The molecule has 8 heteroatoms. The van der Waals surface area contributed by atoms with Crippen molar-refractivity contribution >= 4 is 39.8 Å². The van der Waals surface area contributed by atoms with Gasteiger partial charge in [-0.25, -0.2) is 0 Å². The van der Waals surface area contributed by atoms with Gasteiger partial charge in [-0.15, -0.1) is 10.2 Å². The number of thioether (sulfide) groups is 1. The average Bonchev–Trinajstić information content (AvgIpc) is 3.46. The van der Waals surface area contributed by atoms with Crippen LogP contribution < -0.4 is 10.2 Å². The second kappa shape index (κ2) is 11.6. The van der Waals surface area contributed by atoms with Crippen LogP contribution in [0.3, 0.4) is 0 Å². The molecule has 0 spiro atoms. The molecule has 0 radical (unpaired) electrons. The Hall–Kier alpha value is -3.36. The summed E-state index contributed by atoms with van der Waals surface area (Å²) in [5.74, 6) is 0.549. The fourth-order valence-corrected chi connectivity index (χ4v) is 6.14. The van der Waals surface area contributed by atoms with Crippen LogP contribution in [-0.4, -0.2) is 59.0 Å². The van der Waals surface area contributed by atoms with Gasteiger partial charge in [0.15, 0.2) is 0 Å². The number of rotatable bonds is 7. The number of amides is 1. The smallest absolute Gasteiger partial charge is 0.277 e. The molecule has 3 aromatic carbocycles. The summed E-state index contributed by atoms with van der Waals surface area (Å²) in [6.45, 7) is 4.39. The van der Waals surface area contributed by atoms with Crippen LogP contribution in [0.25, 0.3) is 22.2 Å². The molecule has 0 atom stereocenters. The third-order valence-electron chi connectivity index (χ3n) is 7.65. The maximum atomic E-state index is 12.5. The molecular weight excluding hydrogens is 494 g/mol. The van der Waals surface area contributed by atoms with Gasteiger partial charge in [0.05, 0.1) is 5.75 Å². The molecule has 1 amide bonds. The predicted octanol–water partition coefficient (Wildman–Crippen LogP) is 6.08. The molecule has 2 aliphatic rings. The average molecular weight is 528 g/mol. The minimum atomic E-state index is -0.102. The van der Waals surface area contributed by atoms with Gasteiger partial charge in [-0.3, -0.25) is 9.69 Å². The standard InChI is InChI=1S/C30H33N5O2S/c36-28(21-38-30-33-32-29(37-30)24-11-10-22-6-4-5-7-23(22)20-24)31-25-12-14-27(15-13-25)35-18-16-34(17-19-35)26-8-2-1-3-9-26/h4-7,10-15,20,26H,1-3,8-9,16-19,21H2,(H,31,36). The van der Waals surface area contributed by atoms with E-state index in [0.717, 1.165) is 54.2 Å². The molecule has 7 nitrogen and oxygen atoms in total. The van der Waals surface area contributed by atoms with E-state index >= 15 is 0 Å². The Bertz CT molecular complexity index is 1370. The molecule has 38 heavy (non-hydrogen) atoms. The van der Waals surface area contributed by atoms with E-state index in [2.05, 4.69) is 49.6 Å². The van der Waals surface area contributed by atoms with Crippen molar-refractivity contribution < 1.29 is 9.21 Å². The lowest BCUT2D eigenvalue weighted by molar-refractivity contribution is -0.113. The van der Waals surface area contributed by atoms with Gasteiger partial charge in [0.2, 0.25) is 11.8 Å². The number of anilines is 2. The number of nitrogens with one attached hydrogen (secondary N) is 1. The van der Waals surface area contributed by atoms with Gasteiger partial charge in [0.1, 0.15) is 0 Å². The number of aromatic nitrogens is 2. The van der Waals surface area contributed by atoms with Crippen LogP contribution in [0.2, 0.25) is 0 Å². The first-order chi connectivity index (χ1) is 18.7. The van der Waals surface area contributed by atoms with Crippen LogP contribution in [0.1, 0.15) is 32.1 Å². The number of benzene rings is 3. The Morgan fingerprint density at radius 2 is 1.66 bits per heavy atom. The van der Waals surface area contributed by atoms with E-state index < -0.39 is 0 Å². The van der Waals surface area contributed by atoms with Crippen LogP contribution in [0, 0.1) is 0 Å². The SMILES string of the molecule is O=C(CSc1nnc(-c2ccc3ccccc3c2)o1)Nc1ccc(N2CCN(C3CCCCC3)CC2)cc1. The van der Waals surface area contributed by atoms with Crippen molar-refractivity contribution in [2.45, 2.75) is 43.4 Å². The molecule has 1 aliphatic carbocycles. The second-order valence-corrected chi connectivity index (χ2v) is 11.1. The number of fused-ring (bicyclic) bond motifs is 1. The summed E-state index contributed by atoms with van der Waals surface area (Å²) in [6, 6.07) is 23.2. The van der Waals surface area contributed by atoms with Crippen LogP contribution in [-0.2, 0) is 4.79 Å². The predicted molar refractivity (Wildman–Crippen MR) is 154 cm³/mol. The Labute approximate surface area is 227 Å². The topological polar surface area (TPSA) is 74.5 Å². The quantitative estimate of drug-likeness (QED) is 0.292. The highest BCUT2D eigenvalue weighted by molar-refractivity contribution is 7.99. The molecule has 4 aromatic rings. The molecule has 1 aromatic heterocycles. The summed E-state index contributed by atoms with van der Waals surface area (Å²) in [6.07, 6.45) is 6.91. The minimum absolute atomic E-state index is 0.102. The van der Waals surface area contributed by atoms with E-state index in [0.29, 0.717) is 11.1 Å². The molecule has 2 heterocycles. The van der Waals surface area contributed by atoms with Crippen molar-refractivity contribution in [2.24, 2.45) is 0 Å². The summed E-state index contributed by atoms with van der Waals surface area (Å²) in [4.78, 5) is 17.7. The van der Waals surface area contributed by atoms with Gasteiger partial charge >= 0.3 is 0 Å². The number of hydrogen-bond donors (Lipinski definition) is 1. The van der Waals surface area contributed by atoms with Gasteiger partial charge in [-0.2, -0.15) is 0 Å². The van der Waals surface area contributed by atoms with E-state index in [1.165, 1.54) is 49.6 Å². The first-order valence-electron chi connectivity index (χ1n) is 13.6. The first kappa shape index (κ1) is 24.9. The summed E-state index contributed by atoms with van der Waals surface area (Å²) in [5.41, 5.74) is 2.87. The van der Waals surface area contributed by atoms with E-state index in [-0.39, 0.29) is 11.7 Å². The summed E-state index contributed by atoms with van der Waals surface area (Å²) in [5, 5.41) is 13.9. The van der Waals surface area contributed by atoms with Crippen molar-refractivity contribution in [3.05, 3.63) is 66.7 Å². The zero-order chi connectivity index (χ0) is 25.7. The molecule has 2 fully saturated rings. The summed E-state index contributed by atoms with van der Waals surface area (Å²) in [7, 11) is 0. The van der Waals surface area contributed by atoms with Crippen LogP contribution in [0.5, 0.6) is 0 Å². The van der Waals surface area contributed by atoms with Gasteiger partial charge in [0, 0.05) is 49.2 Å². The fourth-order valence-electron chi connectivity index (χ4n) is 5.58. The number of carbonyl (C=O) groups is 1. The molecule has 0 unspecified atom stereocenters. The number of carbonyl (C=O) groups excluding carboxylic acids is 1. The maximum Gasteiger partial charge on any atom is 0.277 e. The molecule has 196 valence electrons. The van der Waals surface area contributed by atoms with E-state index in [4.69, 9.17) is 4.42 Å². The number of nitrogens with zero attached hydrogens (tertiary/aromatic N) is 4. The lowest BCUT2D eigenvalue weighted by atomic mass is 9.94. The lowest BCUT2D eigenvalue weighted by Gasteiger charge is -2.41. The largest absolute Gasteiger partial charge is 0.411 e. The molecule has 0 bridgehead atoms. The Morgan fingerprint density at radius 1 is 0.895 bits per heavy atom. The van der Waals surface area contributed by atoms with Crippen LogP contribution in [0.15, 0.2) is 76.4 Å². The fraction of sp³-hybridized carbons (Fsp3) is 0.367. The zero-order valence-electron chi connectivity index (χ0n) is 21.5. The summed E-state index contributed by atoms with van der Waals surface area (Å²) < 4.78 is 5.80. The highest BCUT2D eigenvalue weighted by Crippen LogP contribution is 2.28. The first-order valence-corrected chi connectivity index (χ1v) is 14.5. The monoisotopic (exact) mass is 527 g/mol. The van der Waals surface area contributed by atoms with Crippen LogP contribution in [0.4, 0.5) is 11.4 Å². The minimum Gasteiger partial charge on any atom is -0.411 e. The number of piperazine rings is 1. The van der Waals surface area contributed by atoms with Gasteiger partial charge in [0.25, 0.3) is 5.22 Å². The van der Waals surface area contributed by atoms with E-state index in [1.807, 2.05) is 42.5 Å². The highest BCUT2D eigenvalue weighted by atomic mass is 32.2. The lowest BCUT2D eigenvalue weighted by Crippen LogP contribution is -2.50. The van der Waals surface area contributed by atoms with Gasteiger partial charge in [-0.05, 0) is 60.0 Å². The van der Waals surface area contributed by atoms with Crippen LogP contribution >= 0.6 is 11.8 Å². The Kier molecular flexibility index (Phi) is 7.60. The van der Waals surface area contributed by atoms with Crippen molar-refractivity contribution in [1.82, 2.24) is 15.1 Å². The van der Waals surface area contributed by atoms with Crippen molar-refractivity contribution in [1.29, 1.82) is 0 Å². The molecule has 1 saturated heterocycles. The van der Waals surface area contributed by atoms with Crippen molar-refractivity contribution in [3.8, 4) is 11.5 Å². The number of hydrogen-bond acceptors (Lipinski definition) is 7. The van der Waals surface area contributed by atoms with Gasteiger partial charge < -0.3 is 14.6 Å². The Morgan fingerprint density at radius 3 is 2.45 bits per heavy atom. The third-order valence-corrected chi connectivity index (χ3v) is 8.47. The van der Waals surface area contributed by atoms with Crippen molar-refractivity contribution in [3.63, 3.8) is 0 Å². The highest BCUT2D eigenvalue weighted by Gasteiger charge is 2.25. The van der Waals surface area contributed by atoms with E-state index in [9.17, 15) is 4.79 Å².